The first-order valence-corrected chi connectivity index (χ1v) is 8.09. The topological polar surface area (TPSA) is 37.8 Å². The Morgan fingerprint density at radius 3 is 2.52 bits per heavy atom. The second-order valence-electron chi connectivity index (χ2n) is 5.08. The molecule has 5 heteroatoms. The number of H-pyrrole nitrogens is 1. The fourth-order valence-corrected chi connectivity index (χ4v) is 3.85. The molecule has 21 heavy (non-hydrogen) atoms. The van der Waals surface area contributed by atoms with Crippen LogP contribution in [0.15, 0.2) is 29.1 Å². The third-order valence-corrected chi connectivity index (χ3v) is 5.24. The Balaban J connectivity index is 2.34. The Morgan fingerprint density at radius 2 is 1.90 bits per heavy atom. The zero-order valence-corrected chi connectivity index (χ0v) is 13.8. The summed E-state index contributed by atoms with van der Waals surface area (Å²) in [7, 11) is 0. The van der Waals surface area contributed by atoms with Crippen molar-refractivity contribution in [3.63, 3.8) is 0 Å². The number of fused-ring (bicyclic) bond motifs is 1. The monoisotopic (exact) mass is 316 g/mol. The standard InChI is InChI=1S/C16H16N2OS2/c1-4-11-5-7-12(8-6-11)18-15(19)13-9(2)10(3)21-14(13)17-16(18)20/h5-8H,4H2,1-3H3,(H,17,20). The molecule has 3 aromatic rings. The molecule has 3 nitrogen and oxygen atoms in total. The van der Waals surface area contributed by atoms with E-state index in [0.717, 1.165) is 32.8 Å². The maximum Gasteiger partial charge on any atom is 0.267 e. The van der Waals surface area contributed by atoms with Crippen molar-refractivity contribution < 1.29 is 0 Å². The van der Waals surface area contributed by atoms with E-state index in [1.165, 1.54) is 5.56 Å². The van der Waals surface area contributed by atoms with Gasteiger partial charge in [0, 0.05) is 4.88 Å². The molecule has 2 heterocycles. The van der Waals surface area contributed by atoms with Gasteiger partial charge in [-0.15, -0.1) is 11.3 Å². The average molecular weight is 316 g/mol. The quantitative estimate of drug-likeness (QED) is 0.716. The average Bonchev–Trinajstić information content (AvgIpc) is 2.74. The van der Waals surface area contributed by atoms with Gasteiger partial charge in [-0.1, -0.05) is 19.1 Å². The molecule has 0 aliphatic rings. The van der Waals surface area contributed by atoms with E-state index >= 15 is 0 Å². The molecule has 1 N–H and O–H groups in total. The summed E-state index contributed by atoms with van der Waals surface area (Å²) in [6, 6.07) is 7.97. The van der Waals surface area contributed by atoms with Crippen LogP contribution in [0.3, 0.4) is 0 Å². The van der Waals surface area contributed by atoms with Crippen molar-refractivity contribution in [2.75, 3.05) is 0 Å². The van der Waals surface area contributed by atoms with Crippen molar-refractivity contribution >= 4 is 33.8 Å². The van der Waals surface area contributed by atoms with Gasteiger partial charge in [-0.25, -0.2) is 0 Å². The van der Waals surface area contributed by atoms with E-state index < -0.39 is 0 Å². The van der Waals surface area contributed by atoms with Crippen LogP contribution in [-0.4, -0.2) is 9.55 Å². The van der Waals surface area contributed by atoms with Gasteiger partial charge in [0.25, 0.3) is 5.56 Å². The SMILES string of the molecule is CCc1ccc(-n2c(=S)[nH]c3sc(C)c(C)c3c2=O)cc1. The van der Waals surface area contributed by atoms with E-state index in [0.29, 0.717) is 4.77 Å². The normalized spacial score (nSPS) is 11.2. The number of rotatable bonds is 2. The lowest BCUT2D eigenvalue weighted by atomic mass is 10.1. The predicted octanol–water partition coefficient (Wildman–Crippen LogP) is 4.29. The third kappa shape index (κ3) is 2.26. The van der Waals surface area contributed by atoms with Gasteiger partial charge in [-0.3, -0.25) is 9.36 Å². The van der Waals surface area contributed by atoms with Gasteiger partial charge < -0.3 is 4.98 Å². The molecule has 0 aliphatic carbocycles. The molecule has 0 fully saturated rings. The van der Waals surface area contributed by atoms with E-state index in [2.05, 4.69) is 11.9 Å². The Hall–Kier alpha value is -1.72. The van der Waals surface area contributed by atoms with Crippen molar-refractivity contribution in [2.45, 2.75) is 27.2 Å². The van der Waals surface area contributed by atoms with Crippen LogP contribution >= 0.6 is 23.6 Å². The number of aromatic amines is 1. The highest BCUT2D eigenvalue weighted by Gasteiger charge is 2.13. The smallest absolute Gasteiger partial charge is 0.267 e. The molecule has 1 aromatic carbocycles. The number of nitrogens with zero attached hydrogens (tertiary/aromatic N) is 1. The number of benzene rings is 1. The first-order valence-electron chi connectivity index (χ1n) is 6.87. The maximum atomic E-state index is 12.8. The first kappa shape index (κ1) is 14.2. The van der Waals surface area contributed by atoms with Gasteiger partial charge in [-0.2, -0.15) is 0 Å². The highest BCUT2D eigenvalue weighted by atomic mass is 32.1. The van der Waals surface area contributed by atoms with Crippen LogP contribution in [0.5, 0.6) is 0 Å². The number of aryl methyl sites for hydroxylation is 3. The van der Waals surface area contributed by atoms with Crippen molar-refractivity contribution in [3.8, 4) is 5.69 Å². The second kappa shape index (κ2) is 5.24. The summed E-state index contributed by atoms with van der Waals surface area (Å²) < 4.78 is 2.02. The predicted molar refractivity (Wildman–Crippen MR) is 91.5 cm³/mol. The molecule has 0 atom stereocenters. The van der Waals surface area contributed by atoms with Crippen molar-refractivity contribution in [1.29, 1.82) is 0 Å². The molecule has 0 spiro atoms. The fourth-order valence-electron chi connectivity index (χ4n) is 2.44. The van der Waals surface area contributed by atoms with E-state index in [4.69, 9.17) is 12.2 Å². The van der Waals surface area contributed by atoms with Crippen molar-refractivity contribution in [1.82, 2.24) is 9.55 Å². The highest BCUT2D eigenvalue weighted by molar-refractivity contribution is 7.71. The van der Waals surface area contributed by atoms with Crippen LogP contribution in [0.2, 0.25) is 0 Å². The minimum absolute atomic E-state index is 0.0418. The first-order chi connectivity index (χ1) is 10.0. The summed E-state index contributed by atoms with van der Waals surface area (Å²) in [5.74, 6) is 0. The van der Waals surface area contributed by atoms with Gasteiger partial charge in [0.15, 0.2) is 4.77 Å². The molecule has 0 bridgehead atoms. The molecule has 0 unspecified atom stereocenters. The molecular weight excluding hydrogens is 300 g/mol. The van der Waals surface area contributed by atoms with Crippen molar-refractivity contribution in [2.24, 2.45) is 0 Å². The van der Waals surface area contributed by atoms with E-state index in [9.17, 15) is 4.79 Å². The Morgan fingerprint density at radius 1 is 1.24 bits per heavy atom. The highest BCUT2D eigenvalue weighted by Crippen LogP contribution is 2.26. The maximum absolute atomic E-state index is 12.8. The van der Waals surface area contributed by atoms with Crippen LogP contribution in [0, 0.1) is 18.6 Å². The molecule has 2 aromatic heterocycles. The molecule has 0 radical (unpaired) electrons. The minimum atomic E-state index is -0.0418. The lowest BCUT2D eigenvalue weighted by Gasteiger charge is -2.07. The van der Waals surface area contributed by atoms with Gasteiger partial charge in [-0.05, 0) is 55.7 Å². The fraction of sp³-hybridized carbons (Fsp3) is 0.250. The zero-order chi connectivity index (χ0) is 15.1. The number of nitrogens with one attached hydrogen (secondary N) is 1. The van der Waals surface area contributed by atoms with Crippen LogP contribution < -0.4 is 5.56 Å². The molecule has 0 amide bonds. The number of aromatic nitrogens is 2. The molecular formula is C16H16N2OS2. The van der Waals surface area contributed by atoms with Gasteiger partial charge in [0.2, 0.25) is 0 Å². The lowest BCUT2D eigenvalue weighted by molar-refractivity contribution is 0.939. The number of hydrogen-bond acceptors (Lipinski definition) is 3. The van der Waals surface area contributed by atoms with Crippen LogP contribution in [-0.2, 0) is 6.42 Å². The van der Waals surface area contributed by atoms with Gasteiger partial charge in [0.05, 0.1) is 11.1 Å². The molecule has 108 valence electrons. The largest absolute Gasteiger partial charge is 0.323 e. The summed E-state index contributed by atoms with van der Waals surface area (Å²) in [6.45, 7) is 6.12. The summed E-state index contributed by atoms with van der Waals surface area (Å²) in [4.78, 5) is 18.0. The Bertz CT molecular complexity index is 930. The third-order valence-electron chi connectivity index (χ3n) is 3.83. The Labute approximate surface area is 131 Å². The number of hydrogen-bond donors (Lipinski definition) is 1. The summed E-state index contributed by atoms with van der Waals surface area (Å²) in [6.07, 6.45) is 0.976. The van der Waals surface area contributed by atoms with Gasteiger partial charge in [0.1, 0.15) is 4.83 Å². The minimum Gasteiger partial charge on any atom is -0.323 e. The van der Waals surface area contributed by atoms with E-state index in [1.807, 2.05) is 38.1 Å². The zero-order valence-electron chi connectivity index (χ0n) is 12.2. The van der Waals surface area contributed by atoms with Crippen LogP contribution in [0.4, 0.5) is 0 Å². The number of thiophene rings is 1. The Kier molecular flexibility index (Phi) is 3.55. The molecule has 0 saturated carbocycles. The molecule has 0 saturated heterocycles. The summed E-state index contributed by atoms with van der Waals surface area (Å²) in [5, 5.41) is 0.741. The lowest BCUT2D eigenvalue weighted by Crippen LogP contribution is -2.20. The summed E-state index contributed by atoms with van der Waals surface area (Å²) in [5.41, 5.74) is 3.04. The van der Waals surface area contributed by atoms with Crippen molar-refractivity contribution in [3.05, 3.63) is 55.4 Å². The van der Waals surface area contributed by atoms with E-state index in [1.54, 1.807) is 15.9 Å². The molecule has 0 aliphatic heterocycles. The molecule has 3 rings (SSSR count). The summed E-state index contributed by atoms with van der Waals surface area (Å²) >= 11 is 6.96. The van der Waals surface area contributed by atoms with E-state index in [-0.39, 0.29) is 5.56 Å². The van der Waals surface area contributed by atoms with Crippen LogP contribution in [0.25, 0.3) is 15.9 Å². The second-order valence-corrected chi connectivity index (χ2v) is 6.69. The van der Waals surface area contributed by atoms with Gasteiger partial charge >= 0.3 is 0 Å². The van der Waals surface area contributed by atoms with Crippen LogP contribution in [0.1, 0.15) is 22.9 Å².